The Morgan fingerprint density at radius 3 is 2.83 bits per heavy atom. The average molecular weight is 255 g/mol. The van der Waals surface area contributed by atoms with E-state index in [0.717, 1.165) is 0 Å². The van der Waals surface area contributed by atoms with E-state index in [0.29, 0.717) is 44.7 Å². The highest BCUT2D eigenvalue weighted by atomic mass is 16.5. The van der Waals surface area contributed by atoms with E-state index in [2.05, 4.69) is 5.32 Å². The Labute approximate surface area is 105 Å². The summed E-state index contributed by atoms with van der Waals surface area (Å²) in [6, 6.07) is 1.62. The van der Waals surface area contributed by atoms with Crippen LogP contribution >= 0.6 is 0 Å². The van der Waals surface area contributed by atoms with Gasteiger partial charge in [-0.3, -0.25) is 0 Å². The van der Waals surface area contributed by atoms with Gasteiger partial charge in [0.25, 0.3) is 0 Å². The fraction of sp³-hybridized carbons (Fsp3) is 0.583. The fourth-order valence-electron chi connectivity index (χ4n) is 2.02. The highest BCUT2D eigenvalue weighted by Gasteiger charge is 2.29. The van der Waals surface area contributed by atoms with E-state index in [-0.39, 0.29) is 5.76 Å². The van der Waals surface area contributed by atoms with Gasteiger partial charge in [0.1, 0.15) is 0 Å². The minimum Gasteiger partial charge on any atom is -0.475 e. The van der Waals surface area contributed by atoms with Crippen LogP contribution in [0.15, 0.2) is 16.7 Å². The number of ether oxygens (including phenoxy) is 1. The van der Waals surface area contributed by atoms with Gasteiger partial charge in [0, 0.05) is 44.7 Å². The third-order valence-corrected chi connectivity index (χ3v) is 3.13. The molecule has 1 fully saturated rings. The molecule has 1 aliphatic heterocycles. The molecule has 0 atom stereocenters. The lowest BCUT2D eigenvalue weighted by Crippen LogP contribution is -2.44. The largest absolute Gasteiger partial charge is 0.475 e. The monoisotopic (exact) mass is 255 g/mol. The molecule has 1 aromatic rings. The normalized spacial score (nSPS) is 18.7. The van der Waals surface area contributed by atoms with Crippen LogP contribution in [0.25, 0.3) is 0 Å². The number of aliphatic hydroxyl groups is 1. The minimum atomic E-state index is -1.08. The zero-order chi connectivity index (χ0) is 13.0. The predicted octanol–water partition coefficient (Wildman–Crippen LogP) is 0.609. The Balaban J connectivity index is 1.84. The van der Waals surface area contributed by atoms with Crippen molar-refractivity contribution in [3.63, 3.8) is 0 Å². The van der Waals surface area contributed by atoms with Gasteiger partial charge in [0.2, 0.25) is 5.76 Å². The second-order valence-electron chi connectivity index (χ2n) is 4.52. The van der Waals surface area contributed by atoms with E-state index < -0.39 is 11.6 Å². The zero-order valence-electron chi connectivity index (χ0n) is 10.0. The van der Waals surface area contributed by atoms with Crippen LogP contribution in [0.2, 0.25) is 0 Å². The third kappa shape index (κ3) is 3.10. The van der Waals surface area contributed by atoms with E-state index in [1.165, 1.54) is 6.26 Å². The standard InChI is InChI=1S/C12H17NO5/c14-11(15)10-9(1-4-18-10)7-13-8-12(16)2-5-17-6-3-12/h1,4,13,16H,2-3,5-8H2,(H,14,15). The van der Waals surface area contributed by atoms with Crippen LogP contribution in [-0.2, 0) is 11.3 Å². The van der Waals surface area contributed by atoms with Gasteiger partial charge < -0.3 is 24.7 Å². The Bertz CT molecular complexity index is 408. The molecule has 0 radical (unpaired) electrons. The summed E-state index contributed by atoms with van der Waals surface area (Å²) < 4.78 is 10.1. The van der Waals surface area contributed by atoms with Crippen LogP contribution in [0.3, 0.4) is 0 Å². The second-order valence-corrected chi connectivity index (χ2v) is 4.52. The van der Waals surface area contributed by atoms with Gasteiger partial charge >= 0.3 is 5.97 Å². The predicted molar refractivity (Wildman–Crippen MR) is 62.4 cm³/mol. The molecule has 0 aliphatic carbocycles. The number of aromatic carboxylic acids is 1. The van der Waals surface area contributed by atoms with Crippen LogP contribution in [0.5, 0.6) is 0 Å². The molecular formula is C12H17NO5. The highest BCUT2D eigenvalue weighted by molar-refractivity contribution is 5.86. The summed E-state index contributed by atoms with van der Waals surface area (Å²) in [6.07, 6.45) is 2.54. The van der Waals surface area contributed by atoms with Crippen LogP contribution in [0.1, 0.15) is 29.0 Å². The van der Waals surface area contributed by atoms with E-state index in [1.807, 2.05) is 0 Å². The maximum absolute atomic E-state index is 10.8. The van der Waals surface area contributed by atoms with Crippen molar-refractivity contribution in [3.8, 4) is 0 Å². The SMILES string of the molecule is O=C(O)c1occc1CNCC1(O)CCOCC1. The molecule has 1 aliphatic rings. The first-order valence-electron chi connectivity index (χ1n) is 5.91. The third-order valence-electron chi connectivity index (χ3n) is 3.13. The Hall–Kier alpha value is -1.37. The number of hydrogen-bond acceptors (Lipinski definition) is 5. The number of hydrogen-bond donors (Lipinski definition) is 3. The van der Waals surface area contributed by atoms with Crippen molar-refractivity contribution >= 4 is 5.97 Å². The van der Waals surface area contributed by atoms with Gasteiger partial charge in [0.05, 0.1) is 11.9 Å². The summed E-state index contributed by atoms with van der Waals surface area (Å²) in [4.78, 5) is 10.8. The van der Waals surface area contributed by atoms with Crippen molar-refractivity contribution in [1.29, 1.82) is 0 Å². The molecule has 6 heteroatoms. The van der Waals surface area contributed by atoms with Crippen LogP contribution in [0, 0.1) is 0 Å². The number of nitrogens with one attached hydrogen (secondary N) is 1. The van der Waals surface area contributed by atoms with Crippen molar-refractivity contribution in [3.05, 3.63) is 23.7 Å². The molecule has 1 aromatic heterocycles. The van der Waals surface area contributed by atoms with E-state index in [9.17, 15) is 9.90 Å². The van der Waals surface area contributed by atoms with Gasteiger partial charge in [-0.2, -0.15) is 0 Å². The number of rotatable bonds is 5. The maximum Gasteiger partial charge on any atom is 0.372 e. The molecule has 3 N–H and O–H groups in total. The molecule has 0 saturated carbocycles. The number of carbonyl (C=O) groups is 1. The molecule has 6 nitrogen and oxygen atoms in total. The molecule has 18 heavy (non-hydrogen) atoms. The fourth-order valence-corrected chi connectivity index (χ4v) is 2.02. The number of carboxylic acid groups (broad SMARTS) is 1. The molecule has 1 saturated heterocycles. The Morgan fingerprint density at radius 2 is 2.17 bits per heavy atom. The van der Waals surface area contributed by atoms with E-state index in [4.69, 9.17) is 14.3 Å². The number of furan rings is 1. The summed E-state index contributed by atoms with van der Waals surface area (Å²) in [7, 11) is 0. The van der Waals surface area contributed by atoms with Gasteiger partial charge in [-0.25, -0.2) is 4.79 Å². The number of carboxylic acids is 1. The lowest BCUT2D eigenvalue weighted by Gasteiger charge is -2.32. The van der Waals surface area contributed by atoms with Gasteiger partial charge in [0.15, 0.2) is 0 Å². The maximum atomic E-state index is 10.8. The summed E-state index contributed by atoms with van der Waals surface area (Å²) in [5, 5.41) is 22.1. The first-order chi connectivity index (χ1) is 8.61. The van der Waals surface area contributed by atoms with Crippen LogP contribution in [-0.4, -0.2) is 41.5 Å². The first kappa shape index (κ1) is 13.1. The lowest BCUT2D eigenvalue weighted by atomic mass is 9.94. The van der Waals surface area contributed by atoms with Gasteiger partial charge in [-0.1, -0.05) is 0 Å². The van der Waals surface area contributed by atoms with Crippen molar-refractivity contribution in [1.82, 2.24) is 5.32 Å². The molecule has 100 valence electrons. The Kier molecular flexibility index (Phi) is 4.00. The second kappa shape index (κ2) is 5.51. The smallest absolute Gasteiger partial charge is 0.372 e. The van der Waals surface area contributed by atoms with E-state index >= 15 is 0 Å². The summed E-state index contributed by atoms with van der Waals surface area (Å²) in [5.74, 6) is -1.14. The van der Waals surface area contributed by atoms with Gasteiger partial charge in [-0.15, -0.1) is 0 Å². The van der Waals surface area contributed by atoms with Crippen molar-refractivity contribution < 1.29 is 24.2 Å². The molecule has 0 unspecified atom stereocenters. The van der Waals surface area contributed by atoms with E-state index in [1.54, 1.807) is 6.07 Å². The molecule has 2 heterocycles. The van der Waals surface area contributed by atoms with Crippen molar-refractivity contribution in [2.24, 2.45) is 0 Å². The summed E-state index contributed by atoms with van der Waals surface area (Å²) in [6.45, 7) is 1.90. The topological polar surface area (TPSA) is 91.9 Å². The molecule has 0 amide bonds. The van der Waals surface area contributed by atoms with Crippen LogP contribution in [0.4, 0.5) is 0 Å². The molecule has 0 spiro atoms. The van der Waals surface area contributed by atoms with Gasteiger partial charge in [-0.05, 0) is 6.07 Å². The summed E-state index contributed by atoms with van der Waals surface area (Å²) in [5.41, 5.74) is -0.177. The molecule has 2 rings (SSSR count). The van der Waals surface area contributed by atoms with Crippen molar-refractivity contribution in [2.45, 2.75) is 25.0 Å². The van der Waals surface area contributed by atoms with Crippen molar-refractivity contribution in [2.75, 3.05) is 19.8 Å². The zero-order valence-corrected chi connectivity index (χ0v) is 10.0. The molecule has 0 aromatic carbocycles. The Morgan fingerprint density at radius 1 is 1.44 bits per heavy atom. The molecule has 0 bridgehead atoms. The average Bonchev–Trinajstić information content (AvgIpc) is 2.78. The molecular weight excluding hydrogens is 238 g/mol. The minimum absolute atomic E-state index is 0.0542. The van der Waals surface area contributed by atoms with Crippen LogP contribution < -0.4 is 5.32 Å². The quantitative estimate of drug-likeness (QED) is 0.714. The lowest BCUT2D eigenvalue weighted by molar-refractivity contribution is -0.0617. The summed E-state index contributed by atoms with van der Waals surface area (Å²) >= 11 is 0. The highest BCUT2D eigenvalue weighted by Crippen LogP contribution is 2.19. The first-order valence-corrected chi connectivity index (χ1v) is 5.91.